The van der Waals surface area contributed by atoms with E-state index in [0.717, 1.165) is 5.56 Å². The van der Waals surface area contributed by atoms with Crippen molar-refractivity contribution in [3.05, 3.63) is 29.3 Å². The van der Waals surface area contributed by atoms with Gasteiger partial charge in [-0.05, 0) is 31.5 Å². The van der Waals surface area contributed by atoms with Crippen molar-refractivity contribution in [1.29, 1.82) is 0 Å². The summed E-state index contributed by atoms with van der Waals surface area (Å²) in [7, 11) is 3.23. The Labute approximate surface area is 119 Å². The molecule has 0 aliphatic heterocycles. The lowest BCUT2D eigenvalue weighted by atomic mass is 10.1. The Hall–Kier alpha value is -1.79. The number of benzene rings is 1. The number of methoxy groups -OCH3 is 2. The molecular weight excluding hydrogens is 258 g/mol. The molecule has 0 saturated heterocycles. The summed E-state index contributed by atoms with van der Waals surface area (Å²) >= 11 is 0. The third kappa shape index (κ3) is 4.40. The molecule has 112 valence electrons. The number of nitrogens with one attached hydrogen (secondary N) is 1. The van der Waals surface area contributed by atoms with Gasteiger partial charge in [-0.25, -0.2) is 0 Å². The fraction of sp³-hybridized carbons (Fsp3) is 0.500. The fourth-order valence-corrected chi connectivity index (χ4v) is 1.86. The number of nitrogens with two attached hydrogens (primary N) is 1. The average Bonchev–Trinajstić information content (AvgIpc) is 2.44. The van der Waals surface area contributed by atoms with Crippen LogP contribution in [0.3, 0.4) is 0 Å². The highest BCUT2D eigenvalue weighted by Crippen LogP contribution is 2.20. The summed E-state index contributed by atoms with van der Waals surface area (Å²) in [5.74, 6) is 0.602. The molecule has 0 saturated carbocycles. The van der Waals surface area contributed by atoms with Gasteiger partial charge < -0.3 is 25.7 Å². The zero-order valence-corrected chi connectivity index (χ0v) is 12.4. The second-order valence-electron chi connectivity index (χ2n) is 5.19. The van der Waals surface area contributed by atoms with Crippen LogP contribution in [0.5, 0.6) is 5.75 Å². The van der Waals surface area contributed by atoms with E-state index in [2.05, 4.69) is 24.3 Å². The highest BCUT2D eigenvalue weighted by atomic mass is 16.5. The van der Waals surface area contributed by atoms with E-state index in [-0.39, 0.29) is 11.4 Å². The second kappa shape index (κ2) is 7.12. The summed E-state index contributed by atoms with van der Waals surface area (Å²) in [5.41, 5.74) is 7.08. The molecule has 0 atom stereocenters. The zero-order chi connectivity index (χ0) is 15.2. The molecule has 0 radical (unpaired) electrons. The quantitative estimate of drug-likeness (QED) is 0.303. The van der Waals surface area contributed by atoms with Crippen molar-refractivity contribution in [2.45, 2.75) is 25.9 Å². The van der Waals surface area contributed by atoms with Crippen LogP contribution in [0.4, 0.5) is 0 Å². The molecular formula is C14H23N3O3. The first-order valence-electron chi connectivity index (χ1n) is 6.32. The Kier molecular flexibility index (Phi) is 5.79. The van der Waals surface area contributed by atoms with E-state index in [1.807, 2.05) is 12.1 Å². The molecule has 0 fully saturated rings. The summed E-state index contributed by atoms with van der Waals surface area (Å²) in [5, 5.41) is 15.1. The van der Waals surface area contributed by atoms with Crippen LogP contribution in [0.1, 0.15) is 25.0 Å². The number of oxime groups is 1. The normalized spacial score (nSPS) is 12.5. The van der Waals surface area contributed by atoms with E-state index in [0.29, 0.717) is 24.5 Å². The van der Waals surface area contributed by atoms with Gasteiger partial charge >= 0.3 is 0 Å². The van der Waals surface area contributed by atoms with E-state index in [1.165, 1.54) is 0 Å². The van der Waals surface area contributed by atoms with Crippen molar-refractivity contribution in [2.75, 3.05) is 20.8 Å². The second-order valence-corrected chi connectivity index (χ2v) is 5.19. The molecule has 0 spiro atoms. The van der Waals surface area contributed by atoms with Gasteiger partial charge in [-0.15, -0.1) is 0 Å². The number of ether oxygens (including phenoxy) is 2. The smallest absolute Gasteiger partial charge is 0.173 e. The summed E-state index contributed by atoms with van der Waals surface area (Å²) in [6, 6.07) is 5.54. The molecule has 20 heavy (non-hydrogen) atoms. The van der Waals surface area contributed by atoms with Gasteiger partial charge in [-0.3, -0.25) is 0 Å². The predicted octanol–water partition coefficient (Wildman–Crippen LogP) is 1.30. The fourth-order valence-electron chi connectivity index (χ4n) is 1.86. The molecule has 0 amide bonds. The SMILES string of the molecule is COCC(C)(C)NCc1ccc(/C(N)=N/O)c(OC)c1. The van der Waals surface area contributed by atoms with Gasteiger partial charge in [0.15, 0.2) is 5.84 Å². The van der Waals surface area contributed by atoms with Crippen LogP contribution in [0.25, 0.3) is 0 Å². The molecule has 0 bridgehead atoms. The molecule has 1 aromatic carbocycles. The number of amidine groups is 1. The van der Waals surface area contributed by atoms with Gasteiger partial charge in [0.05, 0.1) is 19.3 Å². The minimum atomic E-state index is -0.119. The average molecular weight is 281 g/mol. The number of hydrogen-bond donors (Lipinski definition) is 3. The summed E-state index contributed by atoms with van der Waals surface area (Å²) < 4.78 is 10.4. The minimum absolute atomic E-state index is 0.0288. The Morgan fingerprint density at radius 2 is 2.10 bits per heavy atom. The zero-order valence-electron chi connectivity index (χ0n) is 12.4. The molecule has 0 unspecified atom stereocenters. The lowest BCUT2D eigenvalue weighted by Crippen LogP contribution is -2.42. The first-order chi connectivity index (χ1) is 9.43. The molecule has 6 heteroatoms. The summed E-state index contributed by atoms with van der Waals surface area (Å²) in [6.07, 6.45) is 0. The maximum Gasteiger partial charge on any atom is 0.173 e. The topological polar surface area (TPSA) is 89.1 Å². The lowest BCUT2D eigenvalue weighted by molar-refractivity contribution is 0.127. The highest BCUT2D eigenvalue weighted by Gasteiger charge is 2.17. The van der Waals surface area contributed by atoms with Gasteiger partial charge in [0.25, 0.3) is 0 Å². The van der Waals surface area contributed by atoms with Crippen LogP contribution >= 0.6 is 0 Å². The summed E-state index contributed by atoms with van der Waals surface area (Å²) in [6.45, 7) is 5.42. The minimum Gasteiger partial charge on any atom is -0.496 e. The molecule has 0 heterocycles. The van der Waals surface area contributed by atoms with Gasteiger partial charge in [-0.1, -0.05) is 11.2 Å². The van der Waals surface area contributed by atoms with Crippen molar-refractivity contribution >= 4 is 5.84 Å². The largest absolute Gasteiger partial charge is 0.496 e. The van der Waals surface area contributed by atoms with E-state index in [1.54, 1.807) is 20.3 Å². The Morgan fingerprint density at radius 3 is 2.65 bits per heavy atom. The molecule has 0 aromatic heterocycles. The number of rotatable bonds is 7. The van der Waals surface area contributed by atoms with Crippen molar-refractivity contribution in [1.82, 2.24) is 5.32 Å². The van der Waals surface area contributed by atoms with Gasteiger partial charge in [0.1, 0.15) is 5.75 Å². The lowest BCUT2D eigenvalue weighted by Gasteiger charge is -2.25. The number of nitrogens with zero attached hydrogens (tertiary/aromatic N) is 1. The van der Waals surface area contributed by atoms with Crippen molar-refractivity contribution in [3.8, 4) is 5.75 Å². The Balaban J connectivity index is 2.84. The van der Waals surface area contributed by atoms with Crippen LogP contribution in [0, 0.1) is 0 Å². The molecule has 1 aromatic rings. The van der Waals surface area contributed by atoms with Crippen molar-refractivity contribution in [2.24, 2.45) is 10.9 Å². The van der Waals surface area contributed by atoms with Gasteiger partial charge in [-0.2, -0.15) is 0 Å². The van der Waals surface area contributed by atoms with Gasteiger partial charge in [0.2, 0.25) is 0 Å². The van der Waals surface area contributed by atoms with Crippen molar-refractivity contribution in [3.63, 3.8) is 0 Å². The first kappa shape index (κ1) is 16.3. The molecule has 6 nitrogen and oxygen atoms in total. The Bertz CT molecular complexity index is 473. The van der Waals surface area contributed by atoms with E-state index in [4.69, 9.17) is 20.4 Å². The third-order valence-corrected chi connectivity index (χ3v) is 2.93. The third-order valence-electron chi connectivity index (χ3n) is 2.93. The van der Waals surface area contributed by atoms with E-state index >= 15 is 0 Å². The maximum atomic E-state index is 8.73. The predicted molar refractivity (Wildman–Crippen MR) is 78.3 cm³/mol. The van der Waals surface area contributed by atoms with Crippen LogP contribution in [0.15, 0.2) is 23.4 Å². The van der Waals surface area contributed by atoms with E-state index < -0.39 is 0 Å². The monoisotopic (exact) mass is 281 g/mol. The molecule has 0 aliphatic carbocycles. The first-order valence-corrected chi connectivity index (χ1v) is 6.32. The molecule has 0 aliphatic rings. The Morgan fingerprint density at radius 1 is 1.40 bits per heavy atom. The molecule has 1 rings (SSSR count). The van der Waals surface area contributed by atoms with E-state index in [9.17, 15) is 0 Å². The standard InChI is InChI=1S/C14H23N3O3/c1-14(2,9-19-3)16-8-10-5-6-11(13(15)17-18)12(7-10)20-4/h5-7,16,18H,8-9H2,1-4H3,(H2,15,17). The van der Waals surface area contributed by atoms with Crippen LogP contribution < -0.4 is 15.8 Å². The molecule has 4 N–H and O–H groups in total. The summed E-state index contributed by atoms with van der Waals surface area (Å²) in [4.78, 5) is 0. The van der Waals surface area contributed by atoms with Gasteiger partial charge in [0, 0.05) is 19.2 Å². The van der Waals surface area contributed by atoms with Crippen LogP contribution in [0.2, 0.25) is 0 Å². The van der Waals surface area contributed by atoms with Crippen molar-refractivity contribution < 1.29 is 14.7 Å². The number of hydrogen-bond acceptors (Lipinski definition) is 5. The van der Waals surface area contributed by atoms with Crippen LogP contribution in [-0.2, 0) is 11.3 Å². The highest BCUT2D eigenvalue weighted by molar-refractivity contribution is 5.99. The maximum absolute atomic E-state index is 8.73. The van der Waals surface area contributed by atoms with Crippen LogP contribution in [-0.4, -0.2) is 37.4 Å².